The zero-order chi connectivity index (χ0) is 15.7. The molecule has 2 aromatic carbocycles. The zero-order valence-corrected chi connectivity index (χ0v) is 13.5. The molecule has 0 aliphatic heterocycles. The third kappa shape index (κ3) is 11.2. The molecule has 0 aromatic heterocycles. The van der Waals surface area contributed by atoms with E-state index in [0.717, 1.165) is 12.8 Å². The quantitative estimate of drug-likeness (QED) is 0.499. The van der Waals surface area contributed by atoms with Crippen molar-refractivity contribution in [1.82, 2.24) is 0 Å². The molecule has 0 fully saturated rings. The van der Waals surface area contributed by atoms with Crippen LogP contribution in [0.2, 0.25) is 0 Å². The van der Waals surface area contributed by atoms with Crippen LogP contribution in [0.1, 0.15) is 11.1 Å². The van der Waals surface area contributed by atoms with Crippen LogP contribution in [0.4, 0.5) is 0 Å². The molecule has 22 heavy (non-hydrogen) atoms. The van der Waals surface area contributed by atoms with Crippen molar-refractivity contribution in [1.29, 1.82) is 0 Å². The van der Waals surface area contributed by atoms with Crippen molar-refractivity contribution in [2.75, 3.05) is 0 Å². The summed E-state index contributed by atoms with van der Waals surface area (Å²) in [6.45, 7) is 0. The van der Waals surface area contributed by atoms with Crippen molar-refractivity contribution < 1.29 is 35.7 Å². The Morgan fingerprint density at radius 3 is 1.36 bits per heavy atom. The Kier molecular flexibility index (Phi) is 9.64. The highest BCUT2D eigenvalue weighted by molar-refractivity contribution is 7.79. The molecule has 0 unspecified atom stereocenters. The van der Waals surface area contributed by atoms with Crippen molar-refractivity contribution in [3.63, 3.8) is 0 Å². The molecule has 0 amide bonds. The van der Waals surface area contributed by atoms with Gasteiger partial charge in [0.25, 0.3) is 0 Å². The maximum Gasteiger partial charge on any atom is 0.0925 e. The van der Waals surface area contributed by atoms with Crippen molar-refractivity contribution in [3.05, 3.63) is 71.8 Å². The van der Waals surface area contributed by atoms with E-state index in [1.165, 1.54) is 11.1 Å². The molecule has 7 heteroatoms. The summed E-state index contributed by atoms with van der Waals surface area (Å²) >= 11 is 0. The largest absolute Gasteiger partial charge is 1.00 e. The van der Waals surface area contributed by atoms with Crippen LogP contribution in [0.15, 0.2) is 60.7 Å². The Morgan fingerprint density at radius 1 is 0.818 bits per heavy atom. The normalized spacial score (nSPS) is 10.4. The number of halogens is 1. The van der Waals surface area contributed by atoms with Gasteiger partial charge in [0.1, 0.15) is 0 Å². The van der Waals surface area contributed by atoms with Gasteiger partial charge >= 0.3 is 0 Å². The lowest BCUT2D eigenvalue weighted by atomic mass is 10.00. The molecule has 0 spiro atoms. The van der Waals surface area contributed by atoms with Crippen LogP contribution in [0.5, 0.6) is 0 Å². The standard InChI is InChI=1S/C15H17N.ClH.H2O4S/c16-15(11-13-7-3-1-4-8-13)12-14-9-5-2-6-10-14;;1-5(2,3)4/h1-10,15H,11-12,16H2;1H;(H2,1,2,3,4)/p-2. The topological polar surface area (TPSA) is 108 Å². The summed E-state index contributed by atoms with van der Waals surface area (Å²) < 4.78 is 34.1. The van der Waals surface area contributed by atoms with E-state index in [-0.39, 0.29) is 12.4 Å². The molecule has 5 nitrogen and oxygen atoms in total. The summed E-state index contributed by atoms with van der Waals surface area (Å²) in [5.41, 5.74) is 6.98. The van der Waals surface area contributed by atoms with Crippen LogP contribution < -0.4 is 18.1 Å². The second-order valence-corrected chi connectivity index (χ2v) is 5.47. The summed E-state index contributed by atoms with van der Waals surface area (Å²) in [6, 6.07) is 21.6. The monoisotopic (exact) mass is 343 g/mol. The summed E-state index contributed by atoms with van der Waals surface area (Å²) in [5, 5.41) is 0. The van der Waals surface area contributed by atoms with E-state index in [1.54, 1.807) is 0 Å². The summed E-state index contributed by atoms with van der Waals surface area (Å²) in [4.78, 5) is 0. The van der Waals surface area contributed by atoms with E-state index < -0.39 is 10.4 Å². The lowest BCUT2D eigenvalue weighted by Crippen LogP contribution is -3.00. The summed E-state index contributed by atoms with van der Waals surface area (Å²) in [7, 11) is -5.17. The minimum atomic E-state index is -5.17. The third-order valence-electron chi connectivity index (χ3n) is 2.73. The average molecular weight is 344 g/mol. The fourth-order valence-electron chi connectivity index (χ4n) is 1.97. The smallest absolute Gasteiger partial charge is 0.0925 e. The number of benzene rings is 2. The van der Waals surface area contributed by atoms with Crippen LogP contribution in [-0.2, 0) is 23.2 Å². The first-order chi connectivity index (χ1) is 9.84. The summed E-state index contributed by atoms with van der Waals surface area (Å²) in [5.74, 6) is 0. The molecule has 0 saturated carbocycles. The summed E-state index contributed by atoms with van der Waals surface area (Å²) in [6.07, 6.45) is 2.10. The highest BCUT2D eigenvalue weighted by Crippen LogP contribution is 2.06. The molecule has 3 N–H and O–H groups in total. The number of hydrogen-bond acceptors (Lipinski definition) is 4. The van der Waals surface area contributed by atoms with Gasteiger partial charge in [-0.3, -0.25) is 8.42 Å². The van der Waals surface area contributed by atoms with Crippen molar-refractivity contribution in [2.45, 2.75) is 18.9 Å². The van der Waals surface area contributed by atoms with Gasteiger partial charge in [0.2, 0.25) is 0 Å². The van der Waals surface area contributed by atoms with Gasteiger partial charge in [-0.05, 0) is 11.1 Å². The molecule has 122 valence electrons. The first kappa shape index (κ1) is 20.6. The van der Waals surface area contributed by atoms with Crippen LogP contribution in [0, 0.1) is 0 Å². The van der Waals surface area contributed by atoms with E-state index in [2.05, 4.69) is 66.4 Å². The SMILES string of the molecule is O=S(=O)([O-])[O-].[Cl-].[NH3+]C(Cc1ccccc1)Cc1ccccc1. The van der Waals surface area contributed by atoms with Gasteiger partial charge in [0.05, 0.1) is 6.04 Å². The van der Waals surface area contributed by atoms with Crippen LogP contribution >= 0.6 is 0 Å². The minimum absolute atomic E-state index is 0. The van der Waals surface area contributed by atoms with Gasteiger partial charge in [-0.15, -0.1) is 0 Å². The van der Waals surface area contributed by atoms with E-state index in [9.17, 15) is 0 Å². The fourth-order valence-corrected chi connectivity index (χ4v) is 1.97. The molecule has 0 saturated heterocycles. The molecule has 0 aliphatic carbocycles. The highest BCUT2D eigenvalue weighted by Gasteiger charge is 2.07. The van der Waals surface area contributed by atoms with Crippen LogP contribution in [0.3, 0.4) is 0 Å². The van der Waals surface area contributed by atoms with E-state index in [1.807, 2.05) is 0 Å². The maximum absolute atomic E-state index is 8.52. The van der Waals surface area contributed by atoms with E-state index in [4.69, 9.17) is 17.5 Å². The molecule has 0 heterocycles. The van der Waals surface area contributed by atoms with Crippen molar-refractivity contribution in [3.8, 4) is 0 Å². The molecule has 0 aliphatic rings. The first-order valence-corrected chi connectivity index (χ1v) is 7.75. The van der Waals surface area contributed by atoms with Crippen LogP contribution in [-0.4, -0.2) is 23.6 Å². The van der Waals surface area contributed by atoms with E-state index >= 15 is 0 Å². The second-order valence-electron chi connectivity index (χ2n) is 4.65. The lowest BCUT2D eigenvalue weighted by Gasteiger charge is -2.08. The fraction of sp³-hybridized carbons (Fsp3) is 0.200. The number of hydrogen-bond donors (Lipinski definition) is 1. The maximum atomic E-state index is 8.52. The van der Waals surface area contributed by atoms with Crippen molar-refractivity contribution >= 4 is 10.4 Å². The highest BCUT2D eigenvalue weighted by atomic mass is 35.5. The molecule has 2 rings (SSSR count). The predicted molar refractivity (Wildman–Crippen MR) is 77.4 cm³/mol. The van der Waals surface area contributed by atoms with Crippen molar-refractivity contribution in [2.24, 2.45) is 0 Å². The lowest BCUT2D eigenvalue weighted by molar-refractivity contribution is -0.418. The zero-order valence-electron chi connectivity index (χ0n) is 11.9. The molecular weight excluding hydrogens is 326 g/mol. The van der Waals surface area contributed by atoms with Crippen LogP contribution in [0.25, 0.3) is 0 Å². The van der Waals surface area contributed by atoms with Gasteiger partial charge in [0.15, 0.2) is 0 Å². The first-order valence-electron chi connectivity index (χ1n) is 6.42. The third-order valence-corrected chi connectivity index (χ3v) is 2.73. The minimum Gasteiger partial charge on any atom is -1.00 e. The molecule has 0 bridgehead atoms. The Morgan fingerprint density at radius 2 is 1.09 bits per heavy atom. The Bertz CT molecular complexity index is 571. The van der Waals surface area contributed by atoms with Gasteiger partial charge in [0, 0.05) is 23.2 Å². The molecule has 0 atom stereocenters. The average Bonchev–Trinajstić information content (AvgIpc) is 2.39. The van der Waals surface area contributed by atoms with Gasteiger partial charge in [-0.25, -0.2) is 0 Å². The second kappa shape index (κ2) is 10.3. The van der Waals surface area contributed by atoms with E-state index in [0.29, 0.717) is 6.04 Å². The molecular formula is C15H18ClNO4S-2. The Labute approximate surface area is 137 Å². The number of rotatable bonds is 4. The molecule has 2 aromatic rings. The Balaban J connectivity index is 0.000000644. The predicted octanol–water partition coefficient (Wildman–Crippen LogP) is -2.25. The number of quaternary nitrogens is 1. The molecule has 0 radical (unpaired) electrons. The van der Waals surface area contributed by atoms with Gasteiger partial charge in [-0.1, -0.05) is 60.7 Å². The Hall–Kier alpha value is -1.44. The van der Waals surface area contributed by atoms with Gasteiger partial charge < -0.3 is 27.2 Å². The van der Waals surface area contributed by atoms with Gasteiger partial charge in [-0.2, -0.15) is 0 Å².